The zero-order chi connectivity index (χ0) is 12.8. The monoisotopic (exact) mass is 233 g/mol. The van der Waals surface area contributed by atoms with Crippen LogP contribution in [0.3, 0.4) is 0 Å². The molecule has 0 aliphatic carbocycles. The first-order valence-electron chi connectivity index (χ1n) is 6.85. The Hall–Kier alpha value is -0.820. The van der Waals surface area contributed by atoms with Crippen LogP contribution in [0.15, 0.2) is 30.3 Å². The Labute approximate surface area is 107 Å². The van der Waals surface area contributed by atoms with Gasteiger partial charge >= 0.3 is 0 Å². The minimum atomic E-state index is 0.516. The van der Waals surface area contributed by atoms with Gasteiger partial charge in [0, 0.05) is 12.6 Å². The fraction of sp³-hybridized carbons (Fsp3) is 0.625. The lowest BCUT2D eigenvalue weighted by molar-refractivity contribution is 0.172. The van der Waals surface area contributed by atoms with Gasteiger partial charge in [-0.05, 0) is 30.9 Å². The van der Waals surface area contributed by atoms with Crippen LogP contribution in [0, 0.1) is 11.8 Å². The fourth-order valence-corrected chi connectivity index (χ4v) is 2.08. The third kappa shape index (κ3) is 4.16. The molecule has 0 aromatic heterocycles. The van der Waals surface area contributed by atoms with Crippen molar-refractivity contribution in [2.45, 2.75) is 40.7 Å². The molecular weight excluding hydrogens is 206 g/mol. The summed E-state index contributed by atoms with van der Waals surface area (Å²) in [5, 5.41) is 0. The summed E-state index contributed by atoms with van der Waals surface area (Å²) in [5.41, 5.74) is 1.42. The quantitative estimate of drug-likeness (QED) is 0.705. The molecule has 17 heavy (non-hydrogen) atoms. The highest BCUT2D eigenvalue weighted by Gasteiger charge is 2.17. The highest BCUT2D eigenvalue weighted by atomic mass is 15.1. The molecule has 2 atom stereocenters. The van der Waals surface area contributed by atoms with E-state index in [9.17, 15) is 0 Å². The third-order valence-electron chi connectivity index (χ3n) is 3.90. The van der Waals surface area contributed by atoms with Crippen molar-refractivity contribution < 1.29 is 0 Å². The zero-order valence-corrected chi connectivity index (χ0v) is 12.0. The van der Waals surface area contributed by atoms with E-state index in [1.165, 1.54) is 12.1 Å². The molecule has 0 N–H and O–H groups in total. The van der Waals surface area contributed by atoms with Gasteiger partial charge in [0.25, 0.3) is 0 Å². The zero-order valence-electron chi connectivity index (χ0n) is 12.0. The molecule has 0 aliphatic heterocycles. The van der Waals surface area contributed by atoms with Crippen LogP contribution in [0.4, 0.5) is 0 Å². The van der Waals surface area contributed by atoms with Gasteiger partial charge in [-0.15, -0.1) is 0 Å². The molecule has 2 unspecified atom stereocenters. The molecule has 0 heterocycles. The molecule has 1 rings (SSSR count). The Morgan fingerprint density at radius 3 is 2.06 bits per heavy atom. The molecule has 1 nitrogen and oxygen atoms in total. The second kappa shape index (κ2) is 6.80. The van der Waals surface area contributed by atoms with E-state index in [1.54, 1.807) is 0 Å². The summed E-state index contributed by atoms with van der Waals surface area (Å²) in [6.45, 7) is 13.8. The second-order valence-electron chi connectivity index (χ2n) is 5.40. The Morgan fingerprint density at radius 1 is 1.00 bits per heavy atom. The van der Waals surface area contributed by atoms with Crippen LogP contribution < -0.4 is 0 Å². The molecule has 0 saturated heterocycles. The fourth-order valence-electron chi connectivity index (χ4n) is 2.08. The minimum absolute atomic E-state index is 0.516. The third-order valence-corrected chi connectivity index (χ3v) is 3.90. The maximum Gasteiger partial charge on any atom is 0.0319 e. The predicted molar refractivity (Wildman–Crippen MR) is 76.1 cm³/mol. The maximum atomic E-state index is 2.57. The van der Waals surface area contributed by atoms with Crippen LogP contribution in [-0.4, -0.2) is 18.0 Å². The molecule has 0 amide bonds. The first kappa shape index (κ1) is 14.2. The topological polar surface area (TPSA) is 3.24 Å². The summed E-state index contributed by atoms with van der Waals surface area (Å²) < 4.78 is 0. The van der Waals surface area contributed by atoms with Crippen molar-refractivity contribution in [1.82, 2.24) is 4.90 Å². The van der Waals surface area contributed by atoms with Gasteiger partial charge in [0.2, 0.25) is 0 Å². The molecule has 0 aliphatic rings. The van der Waals surface area contributed by atoms with Gasteiger partial charge in [0.15, 0.2) is 0 Å². The summed E-state index contributed by atoms with van der Waals surface area (Å²) >= 11 is 0. The first-order chi connectivity index (χ1) is 8.06. The Kier molecular flexibility index (Phi) is 5.70. The molecule has 1 aromatic rings. The van der Waals surface area contributed by atoms with Crippen LogP contribution in [0.25, 0.3) is 0 Å². The van der Waals surface area contributed by atoms with Gasteiger partial charge < -0.3 is 0 Å². The summed E-state index contributed by atoms with van der Waals surface area (Å²) in [6, 6.07) is 11.3. The predicted octanol–water partition coefficient (Wildman–Crippen LogP) is 4.36. The SMILES string of the molecule is CCN(CC(C)C(C)C)C(C)c1ccccc1. The highest BCUT2D eigenvalue weighted by molar-refractivity contribution is 5.18. The molecule has 1 aromatic carbocycles. The first-order valence-corrected chi connectivity index (χ1v) is 6.85. The van der Waals surface area contributed by atoms with Crippen molar-refractivity contribution in [3.05, 3.63) is 35.9 Å². The molecule has 0 radical (unpaired) electrons. The standard InChI is InChI=1S/C16H27N/c1-6-17(12-14(4)13(2)3)15(5)16-10-8-7-9-11-16/h7-11,13-15H,6,12H2,1-5H3. The maximum absolute atomic E-state index is 2.57. The van der Waals surface area contributed by atoms with Gasteiger partial charge in [-0.25, -0.2) is 0 Å². The molecular formula is C16H27N. The van der Waals surface area contributed by atoms with Crippen LogP contribution in [0.2, 0.25) is 0 Å². The minimum Gasteiger partial charge on any atom is -0.297 e. The van der Waals surface area contributed by atoms with Crippen molar-refractivity contribution in [1.29, 1.82) is 0 Å². The van der Waals surface area contributed by atoms with E-state index in [1.807, 2.05) is 0 Å². The lowest BCUT2D eigenvalue weighted by atomic mass is 9.96. The molecule has 0 fully saturated rings. The van der Waals surface area contributed by atoms with Gasteiger partial charge in [0.05, 0.1) is 0 Å². The van der Waals surface area contributed by atoms with E-state index in [0.717, 1.165) is 18.4 Å². The van der Waals surface area contributed by atoms with Gasteiger partial charge in [-0.2, -0.15) is 0 Å². The summed E-state index contributed by atoms with van der Waals surface area (Å²) in [6.07, 6.45) is 0. The summed E-state index contributed by atoms with van der Waals surface area (Å²) in [4.78, 5) is 2.57. The average Bonchev–Trinajstić information content (AvgIpc) is 2.35. The summed E-state index contributed by atoms with van der Waals surface area (Å²) in [5.74, 6) is 1.51. The van der Waals surface area contributed by atoms with Crippen LogP contribution >= 0.6 is 0 Å². The average molecular weight is 233 g/mol. The van der Waals surface area contributed by atoms with Gasteiger partial charge in [-0.3, -0.25) is 4.90 Å². The van der Waals surface area contributed by atoms with E-state index < -0.39 is 0 Å². The van der Waals surface area contributed by atoms with E-state index in [-0.39, 0.29) is 0 Å². The Bertz CT molecular complexity index is 305. The van der Waals surface area contributed by atoms with Crippen molar-refractivity contribution >= 4 is 0 Å². The number of rotatable bonds is 6. The Balaban J connectivity index is 2.67. The number of hydrogen-bond acceptors (Lipinski definition) is 1. The molecule has 0 saturated carbocycles. The second-order valence-corrected chi connectivity index (χ2v) is 5.40. The van der Waals surface area contributed by atoms with Crippen LogP contribution in [0.1, 0.15) is 46.2 Å². The highest BCUT2D eigenvalue weighted by Crippen LogP contribution is 2.22. The number of benzene rings is 1. The van der Waals surface area contributed by atoms with Crippen LogP contribution in [-0.2, 0) is 0 Å². The summed E-state index contributed by atoms with van der Waals surface area (Å²) in [7, 11) is 0. The lowest BCUT2D eigenvalue weighted by Crippen LogP contribution is -2.32. The molecule has 1 heteroatoms. The van der Waals surface area contributed by atoms with Crippen molar-refractivity contribution in [3.63, 3.8) is 0 Å². The van der Waals surface area contributed by atoms with E-state index >= 15 is 0 Å². The largest absolute Gasteiger partial charge is 0.297 e. The molecule has 0 bridgehead atoms. The van der Waals surface area contributed by atoms with Gasteiger partial charge in [-0.1, -0.05) is 58.0 Å². The van der Waals surface area contributed by atoms with Crippen LogP contribution in [0.5, 0.6) is 0 Å². The van der Waals surface area contributed by atoms with Gasteiger partial charge in [0.1, 0.15) is 0 Å². The van der Waals surface area contributed by atoms with Crippen molar-refractivity contribution in [2.75, 3.05) is 13.1 Å². The normalized spacial score (nSPS) is 15.2. The van der Waals surface area contributed by atoms with Crippen molar-refractivity contribution in [3.8, 4) is 0 Å². The van der Waals surface area contributed by atoms with Crippen molar-refractivity contribution in [2.24, 2.45) is 11.8 Å². The lowest BCUT2D eigenvalue weighted by Gasteiger charge is -2.32. The molecule has 0 spiro atoms. The smallest absolute Gasteiger partial charge is 0.0319 e. The number of hydrogen-bond donors (Lipinski definition) is 0. The Morgan fingerprint density at radius 2 is 1.59 bits per heavy atom. The van der Waals surface area contributed by atoms with E-state index in [2.05, 4.69) is 69.9 Å². The number of nitrogens with zero attached hydrogens (tertiary/aromatic N) is 1. The van der Waals surface area contributed by atoms with E-state index in [4.69, 9.17) is 0 Å². The van der Waals surface area contributed by atoms with E-state index in [0.29, 0.717) is 6.04 Å². The molecule has 96 valence electrons.